The number of thioether (sulfide) groups is 1. The van der Waals surface area contributed by atoms with Gasteiger partial charge in [-0.1, -0.05) is 37.4 Å². The average Bonchev–Trinajstić information content (AvgIpc) is 2.53. The maximum atomic E-state index is 8.83. The molecule has 2 aliphatic rings. The SMILES string of the molecule is N#CN1N=CSC1NC1CCCCCC1. The lowest BCUT2D eigenvalue weighted by Gasteiger charge is -2.23. The number of nitrogens with one attached hydrogen (secondary N) is 1. The van der Waals surface area contributed by atoms with Crippen LogP contribution in [0, 0.1) is 11.5 Å². The fourth-order valence-corrected chi connectivity index (χ4v) is 2.85. The Balaban J connectivity index is 1.83. The van der Waals surface area contributed by atoms with Crippen LogP contribution in [0.5, 0.6) is 0 Å². The maximum Gasteiger partial charge on any atom is 0.204 e. The molecule has 4 nitrogen and oxygen atoms in total. The number of hydrogen-bond acceptors (Lipinski definition) is 5. The smallest absolute Gasteiger partial charge is 0.204 e. The summed E-state index contributed by atoms with van der Waals surface area (Å²) in [4.78, 5) is 0. The first-order valence-corrected chi connectivity index (χ1v) is 6.47. The number of hydrogen-bond donors (Lipinski definition) is 1. The van der Waals surface area contributed by atoms with Crippen LogP contribution in [0.1, 0.15) is 38.5 Å². The monoisotopic (exact) mass is 224 g/mol. The van der Waals surface area contributed by atoms with Gasteiger partial charge in [-0.05, 0) is 12.8 Å². The molecule has 0 spiro atoms. The highest BCUT2D eigenvalue weighted by Gasteiger charge is 2.24. The molecule has 1 aliphatic heterocycles. The molecule has 15 heavy (non-hydrogen) atoms. The summed E-state index contributed by atoms with van der Waals surface area (Å²) in [6.07, 6.45) is 9.86. The Labute approximate surface area is 94.7 Å². The average molecular weight is 224 g/mol. The number of nitriles is 1. The molecule has 1 N–H and O–H groups in total. The van der Waals surface area contributed by atoms with E-state index in [1.807, 2.05) is 0 Å². The number of hydrazone groups is 1. The van der Waals surface area contributed by atoms with E-state index in [4.69, 9.17) is 5.26 Å². The van der Waals surface area contributed by atoms with Crippen molar-refractivity contribution in [1.29, 1.82) is 5.26 Å². The predicted molar refractivity (Wildman–Crippen MR) is 61.9 cm³/mol. The molecule has 1 heterocycles. The summed E-state index contributed by atoms with van der Waals surface area (Å²) in [5.74, 6) is 0. The van der Waals surface area contributed by atoms with Crippen molar-refractivity contribution in [2.75, 3.05) is 0 Å². The van der Waals surface area contributed by atoms with Crippen molar-refractivity contribution < 1.29 is 0 Å². The van der Waals surface area contributed by atoms with Crippen LogP contribution in [0.4, 0.5) is 0 Å². The first-order chi connectivity index (χ1) is 7.40. The van der Waals surface area contributed by atoms with Crippen LogP contribution in [-0.2, 0) is 0 Å². The maximum absolute atomic E-state index is 8.83. The summed E-state index contributed by atoms with van der Waals surface area (Å²) < 4.78 is 0. The van der Waals surface area contributed by atoms with Gasteiger partial charge in [-0.15, -0.1) is 0 Å². The lowest BCUT2D eigenvalue weighted by molar-refractivity contribution is 0.308. The van der Waals surface area contributed by atoms with Crippen LogP contribution >= 0.6 is 11.8 Å². The van der Waals surface area contributed by atoms with E-state index in [0.29, 0.717) is 6.04 Å². The lowest BCUT2D eigenvalue weighted by atomic mass is 10.1. The molecule has 0 aromatic carbocycles. The van der Waals surface area contributed by atoms with E-state index in [0.717, 1.165) is 0 Å². The molecule has 0 amide bonds. The minimum atomic E-state index is 0.0260. The third kappa shape index (κ3) is 2.86. The van der Waals surface area contributed by atoms with Crippen LogP contribution in [0.2, 0.25) is 0 Å². The zero-order chi connectivity index (χ0) is 10.5. The quantitative estimate of drug-likeness (QED) is 0.576. The standard InChI is InChI=1S/C10H16N4S/c11-7-14-10(15-8-12-14)13-9-5-3-1-2-4-6-9/h8-10,13H,1-6H2. The van der Waals surface area contributed by atoms with Gasteiger partial charge in [0.05, 0.1) is 5.55 Å². The van der Waals surface area contributed by atoms with E-state index in [2.05, 4.69) is 16.6 Å². The third-order valence-electron chi connectivity index (χ3n) is 2.92. The van der Waals surface area contributed by atoms with Gasteiger partial charge in [-0.3, -0.25) is 5.32 Å². The van der Waals surface area contributed by atoms with Crippen molar-refractivity contribution in [3.8, 4) is 6.19 Å². The van der Waals surface area contributed by atoms with Gasteiger partial charge in [0.25, 0.3) is 0 Å². The molecule has 1 saturated carbocycles. The Morgan fingerprint density at radius 3 is 2.73 bits per heavy atom. The highest BCUT2D eigenvalue weighted by Crippen LogP contribution is 2.22. The highest BCUT2D eigenvalue weighted by molar-refractivity contribution is 8.12. The predicted octanol–water partition coefficient (Wildman–Crippen LogP) is 2.06. The van der Waals surface area contributed by atoms with Crippen molar-refractivity contribution in [1.82, 2.24) is 10.3 Å². The van der Waals surface area contributed by atoms with E-state index in [9.17, 15) is 0 Å². The first-order valence-electron chi connectivity index (χ1n) is 5.53. The molecule has 1 unspecified atom stereocenters. The Kier molecular flexibility index (Phi) is 3.87. The molecule has 0 radical (unpaired) electrons. The summed E-state index contributed by atoms with van der Waals surface area (Å²) in [7, 11) is 0. The summed E-state index contributed by atoms with van der Waals surface area (Å²) >= 11 is 1.58. The number of rotatable bonds is 2. The molecular weight excluding hydrogens is 208 g/mol. The molecule has 1 aliphatic carbocycles. The Bertz CT molecular complexity index is 265. The zero-order valence-corrected chi connectivity index (χ0v) is 9.54. The van der Waals surface area contributed by atoms with Gasteiger partial charge in [-0.25, -0.2) is 0 Å². The van der Waals surface area contributed by atoms with Crippen molar-refractivity contribution >= 4 is 17.3 Å². The molecule has 0 aromatic rings. The van der Waals surface area contributed by atoms with Gasteiger partial charge in [0, 0.05) is 6.04 Å². The molecular formula is C10H16N4S. The Morgan fingerprint density at radius 1 is 1.33 bits per heavy atom. The molecule has 5 heteroatoms. The van der Waals surface area contributed by atoms with Gasteiger partial charge in [0.1, 0.15) is 0 Å². The summed E-state index contributed by atoms with van der Waals surface area (Å²) in [6.45, 7) is 0. The highest BCUT2D eigenvalue weighted by atomic mass is 32.2. The fourth-order valence-electron chi connectivity index (χ4n) is 2.09. The normalized spacial score (nSPS) is 27.7. The van der Waals surface area contributed by atoms with Gasteiger partial charge in [-0.2, -0.15) is 15.4 Å². The van der Waals surface area contributed by atoms with Crippen molar-refractivity contribution in [3.63, 3.8) is 0 Å². The molecule has 1 fully saturated rings. The molecule has 0 saturated heterocycles. The van der Waals surface area contributed by atoms with Crippen LogP contribution < -0.4 is 5.32 Å². The van der Waals surface area contributed by atoms with E-state index in [1.54, 1.807) is 17.3 Å². The topological polar surface area (TPSA) is 51.4 Å². The molecule has 82 valence electrons. The molecule has 1 atom stereocenters. The lowest BCUT2D eigenvalue weighted by Crippen LogP contribution is -2.41. The minimum Gasteiger partial charge on any atom is -0.283 e. The summed E-state index contributed by atoms with van der Waals surface area (Å²) in [6, 6.07) is 0.558. The van der Waals surface area contributed by atoms with Crippen LogP contribution in [0.25, 0.3) is 0 Å². The van der Waals surface area contributed by atoms with E-state index < -0.39 is 0 Å². The fraction of sp³-hybridized carbons (Fsp3) is 0.800. The minimum absolute atomic E-state index is 0.0260. The van der Waals surface area contributed by atoms with Gasteiger partial charge < -0.3 is 0 Å². The second kappa shape index (κ2) is 5.38. The van der Waals surface area contributed by atoms with E-state index in [1.165, 1.54) is 43.5 Å². The Hall–Kier alpha value is -0.730. The van der Waals surface area contributed by atoms with Gasteiger partial charge in [0.2, 0.25) is 6.19 Å². The van der Waals surface area contributed by atoms with E-state index >= 15 is 0 Å². The van der Waals surface area contributed by atoms with E-state index in [-0.39, 0.29) is 5.50 Å². The number of nitrogens with zero attached hydrogens (tertiary/aromatic N) is 3. The zero-order valence-electron chi connectivity index (χ0n) is 8.72. The van der Waals surface area contributed by atoms with Crippen LogP contribution in [-0.4, -0.2) is 22.1 Å². The van der Waals surface area contributed by atoms with Crippen molar-refractivity contribution in [2.45, 2.75) is 50.1 Å². The van der Waals surface area contributed by atoms with Gasteiger partial charge in [0.15, 0.2) is 5.50 Å². The second-order valence-electron chi connectivity index (χ2n) is 4.01. The van der Waals surface area contributed by atoms with Crippen LogP contribution in [0.15, 0.2) is 5.10 Å². The third-order valence-corrected chi connectivity index (χ3v) is 3.73. The summed E-state index contributed by atoms with van der Waals surface area (Å²) in [5, 5.41) is 17.7. The molecule has 2 rings (SSSR count). The molecule has 0 bridgehead atoms. The van der Waals surface area contributed by atoms with Crippen molar-refractivity contribution in [2.24, 2.45) is 5.10 Å². The van der Waals surface area contributed by atoms with Crippen LogP contribution in [0.3, 0.4) is 0 Å². The first kappa shape index (κ1) is 10.8. The van der Waals surface area contributed by atoms with Crippen molar-refractivity contribution in [3.05, 3.63) is 0 Å². The molecule has 0 aromatic heterocycles. The second-order valence-corrected chi connectivity index (χ2v) is 4.94. The largest absolute Gasteiger partial charge is 0.283 e. The Morgan fingerprint density at radius 2 is 2.07 bits per heavy atom. The van der Waals surface area contributed by atoms with Gasteiger partial charge >= 0.3 is 0 Å². The summed E-state index contributed by atoms with van der Waals surface area (Å²) in [5.41, 5.74) is 1.76.